The van der Waals surface area contributed by atoms with Crippen molar-refractivity contribution in [1.29, 1.82) is 0 Å². The van der Waals surface area contributed by atoms with Crippen molar-refractivity contribution in [3.63, 3.8) is 0 Å². The zero-order chi connectivity index (χ0) is 9.54. The molecule has 0 heterocycles. The van der Waals surface area contributed by atoms with E-state index < -0.39 is 0 Å². The minimum Gasteiger partial charge on any atom is -0.507 e. The Morgan fingerprint density at radius 3 is 2.64 bits per heavy atom. The monoisotopic (exact) mass is 184 g/mol. The Morgan fingerprint density at radius 1 is 1.00 bits per heavy atom. The number of hydrogen-bond donors (Lipinski definition) is 1. The minimum atomic E-state index is 0.400. The van der Waals surface area contributed by atoms with Gasteiger partial charge in [-0.1, -0.05) is 18.2 Å². The molecule has 70 valence electrons. The maximum absolute atomic E-state index is 9.70. The number of rotatable bonds is 0. The van der Waals surface area contributed by atoms with Gasteiger partial charge in [-0.25, -0.2) is 0 Å². The van der Waals surface area contributed by atoms with E-state index in [0.29, 0.717) is 5.75 Å². The fourth-order valence-corrected chi connectivity index (χ4v) is 2.34. The Bertz CT molecular complexity index is 500. The lowest BCUT2D eigenvalue weighted by atomic mass is 10.0. The predicted octanol–water partition coefficient (Wildman–Crippen LogP) is 3.03. The number of phenolic OH excluding ortho intramolecular Hbond substituents is 1. The van der Waals surface area contributed by atoms with Crippen molar-refractivity contribution >= 4 is 10.8 Å². The van der Waals surface area contributed by atoms with Crippen molar-refractivity contribution < 1.29 is 5.11 Å². The first kappa shape index (κ1) is 7.86. The molecule has 0 fully saturated rings. The molecule has 0 bridgehead atoms. The molecule has 0 radical (unpaired) electrons. The second kappa shape index (κ2) is 2.74. The van der Waals surface area contributed by atoms with E-state index in [-0.39, 0.29) is 0 Å². The summed E-state index contributed by atoms with van der Waals surface area (Å²) in [5.41, 5.74) is 2.88. The summed E-state index contributed by atoms with van der Waals surface area (Å²) in [5.74, 6) is 0.400. The van der Waals surface area contributed by atoms with Gasteiger partial charge in [-0.3, -0.25) is 0 Å². The fraction of sp³-hybridized carbons (Fsp3) is 0.231. The Hall–Kier alpha value is -1.50. The third-order valence-corrected chi connectivity index (χ3v) is 3.07. The van der Waals surface area contributed by atoms with Crippen molar-refractivity contribution in [2.24, 2.45) is 0 Å². The van der Waals surface area contributed by atoms with Crippen LogP contribution in [0.3, 0.4) is 0 Å². The van der Waals surface area contributed by atoms with E-state index in [9.17, 15) is 5.11 Å². The van der Waals surface area contributed by atoms with Crippen LogP contribution in [0.2, 0.25) is 0 Å². The van der Waals surface area contributed by atoms with Gasteiger partial charge in [0.2, 0.25) is 0 Å². The smallest absolute Gasteiger partial charge is 0.123 e. The van der Waals surface area contributed by atoms with Gasteiger partial charge in [-0.15, -0.1) is 0 Å². The van der Waals surface area contributed by atoms with Crippen molar-refractivity contribution in [1.82, 2.24) is 0 Å². The van der Waals surface area contributed by atoms with Gasteiger partial charge in [0.15, 0.2) is 0 Å². The molecule has 2 aromatic carbocycles. The Kier molecular flexibility index (Phi) is 1.54. The highest BCUT2D eigenvalue weighted by molar-refractivity contribution is 5.89. The van der Waals surface area contributed by atoms with Crippen LogP contribution < -0.4 is 0 Å². The van der Waals surface area contributed by atoms with Gasteiger partial charge in [0.05, 0.1) is 0 Å². The molecule has 0 atom stereocenters. The van der Waals surface area contributed by atoms with Gasteiger partial charge < -0.3 is 5.11 Å². The maximum Gasteiger partial charge on any atom is 0.123 e. The van der Waals surface area contributed by atoms with Crippen molar-refractivity contribution in [2.75, 3.05) is 0 Å². The molecule has 1 heteroatoms. The van der Waals surface area contributed by atoms with Gasteiger partial charge in [0.25, 0.3) is 0 Å². The van der Waals surface area contributed by atoms with E-state index in [1.807, 2.05) is 6.07 Å². The normalized spacial score (nSPS) is 14.6. The van der Waals surface area contributed by atoms with Crippen LogP contribution in [0.15, 0.2) is 30.3 Å². The molecule has 0 unspecified atom stereocenters. The second-order valence-corrected chi connectivity index (χ2v) is 3.97. The number of hydrogen-bond acceptors (Lipinski definition) is 1. The van der Waals surface area contributed by atoms with Crippen molar-refractivity contribution in [3.8, 4) is 5.75 Å². The van der Waals surface area contributed by atoms with Crippen LogP contribution in [-0.2, 0) is 12.8 Å². The average molecular weight is 184 g/mol. The molecule has 0 saturated carbocycles. The topological polar surface area (TPSA) is 20.2 Å². The van der Waals surface area contributed by atoms with Crippen molar-refractivity contribution in [3.05, 3.63) is 41.5 Å². The van der Waals surface area contributed by atoms with Gasteiger partial charge in [-0.05, 0) is 47.9 Å². The van der Waals surface area contributed by atoms with E-state index in [4.69, 9.17) is 0 Å². The van der Waals surface area contributed by atoms with Crippen LogP contribution >= 0.6 is 0 Å². The van der Waals surface area contributed by atoms with Gasteiger partial charge >= 0.3 is 0 Å². The Labute approximate surface area is 83.0 Å². The van der Waals surface area contributed by atoms with Gasteiger partial charge in [0, 0.05) is 5.39 Å². The summed E-state index contributed by atoms with van der Waals surface area (Å²) in [7, 11) is 0. The standard InChI is InChI=1S/C13H12O/c14-13-6-2-5-11-7-9-3-1-4-10(9)8-12(11)13/h2,5-8,14H,1,3-4H2. The van der Waals surface area contributed by atoms with Crippen LogP contribution in [0, 0.1) is 0 Å². The second-order valence-electron chi connectivity index (χ2n) is 3.97. The molecule has 0 amide bonds. The zero-order valence-electron chi connectivity index (χ0n) is 7.96. The SMILES string of the molecule is Oc1cccc2cc3c(cc12)CCC3. The van der Waals surface area contributed by atoms with Crippen LogP contribution in [0.25, 0.3) is 10.8 Å². The van der Waals surface area contributed by atoms with Gasteiger partial charge in [0.1, 0.15) is 5.75 Å². The van der Waals surface area contributed by atoms with E-state index in [0.717, 1.165) is 10.8 Å². The summed E-state index contributed by atoms with van der Waals surface area (Å²) in [6.45, 7) is 0. The summed E-state index contributed by atoms with van der Waals surface area (Å²) in [6.07, 6.45) is 3.62. The molecule has 0 aromatic heterocycles. The summed E-state index contributed by atoms with van der Waals surface area (Å²) in [4.78, 5) is 0. The average Bonchev–Trinajstić information content (AvgIpc) is 2.62. The van der Waals surface area contributed by atoms with E-state index in [1.165, 1.54) is 30.4 Å². The largest absolute Gasteiger partial charge is 0.507 e. The summed E-state index contributed by atoms with van der Waals surface area (Å²) < 4.78 is 0. The highest BCUT2D eigenvalue weighted by atomic mass is 16.3. The molecule has 0 spiro atoms. The minimum absolute atomic E-state index is 0.400. The van der Waals surface area contributed by atoms with E-state index in [1.54, 1.807) is 6.07 Å². The predicted molar refractivity (Wildman–Crippen MR) is 57.6 cm³/mol. The highest BCUT2D eigenvalue weighted by Crippen LogP contribution is 2.31. The van der Waals surface area contributed by atoms with E-state index in [2.05, 4.69) is 18.2 Å². The first-order chi connectivity index (χ1) is 6.84. The van der Waals surface area contributed by atoms with Crippen LogP contribution in [0.4, 0.5) is 0 Å². The molecule has 1 nitrogen and oxygen atoms in total. The number of benzene rings is 2. The summed E-state index contributed by atoms with van der Waals surface area (Å²) >= 11 is 0. The van der Waals surface area contributed by atoms with E-state index >= 15 is 0 Å². The Balaban J connectivity index is 2.39. The first-order valence-electron chi connectivity index (χ1n) is 5.08. The summed E-state index contributed by atoms with van der Waals surface area (Å²) in [6, 6.07) is 10.1. The van der Waals surface area contributed by atoms with Crippen LogP contribution in [-0.4, -0.2) is 5.11 Å². The van der Waals surface area contributed by atoms with Crippen molar-refractivity contribution in [2.45, 2.75) is 19.3 Å². The molecule has 0 saturated heterocycles. The molecule has 0 aliphatic heterocycles. The highest BCUT2D eigenvalue weighted by Gasteiger charge is 2.12. The third kappa shape index (κ3) is 1.02. The lowest BCUT2D eigenvalue weighted by molar-refractivity contribution is 0.481. The molecular weight excluding hydrogens is 172 g/mol. The number of aryl methyl sites for hydroxylation is 2. The number of phenols is 1. The molecule has 1 aliphatic carbocycles. The number of aromatic hydroxyl groups is 1. The summed E-state index contributed by atoms with van der Waals surface area (Å²) in [5, 5.41) is 11.9. The van der Waals surface area contributed by atoms with Crippen LogP contribution in [0.5, 0.6) is 5.75 Å². The first-order valence-corrected chi connectivity index (χ1v) is 5.08. The molecule has 1 aliphatic rings. The molecule has 3 rings (SSSR count). The van der Waals surface area contributed by atoms with Gasteiger partial charge in [-0.2, -0.15) is 0 Å². The lowest BCUT2D eigenvalue weighted by Crippen LogP contribution is -1.83. The maximum atomic E-state index is 9.70. The van der Waals surface area contributed by atoms with Crippen LogP contribution in [0.1, 0.15) is 17.5 Å². The Morgan fingerprint density at radius 2 is 1.79 bits per heavy atom. The molecule has 2 aromatic rings. The fourth-order valence-electron chi connectivity index (χ4n) is 2.34. The lowest BCUT2D eigenvalue weighted by Gasteiger charge is -2.04. The number of fused-ring (bicyclic) bond motifs is 2. The molecular formula is C13H12O. The third-order valence-electron chi connectivity index (χ3n) is 3.07. The molecule has 1 N–H and O–H groups in total. The molecule has 14 heavy (non-hydrogen) atoms. The zero-order valence-corrected chi connectivity index (χ0v) is 7.96. The quantitative estimate of drug-likeness (QED) is 0.667.